The van der Waals surface area contributed by atoms with Gasteiger partial charge in [-0.15, -0.1) is 0 Å². The van der Waals surface area contributed by atoms with E-state index in [1.165, 1.54) is 16.7 Å². The maximum absolute atomic E-state index is 6.49. The number of aromatic nitrogens is 3. The Morgan fingerprint density at radius 3 is 2.26 bits per heavy atom. The van der Waals surface area contributed by atoms with E-state index >= 15 is 0 Å². The molecule has 5 nitrogen and oxygen atoms in total. The van der Waals surface area contributed by atoms with Gasteiger partial charge in [0.15, 0.2) is 0 Å². The Balaban J connectivity index is 1.26. The summed E-state index contributed by atoms with van der Waals surface area (Å²) in [5.41, 5.74) is 9.17. The molecule has 0 saturated heterocycles. The molecule has 0 unspecified atom stereocenters. The predicted octanol–water partition coefficient (Wildman–Crippen LogP) is 9.71. The van der Waals surface area contributed by atoms with Gasteiger partial charge in [-0.3, -0.25) is 0 Å². The number of benzene rings is 4. The van der Waals surface area contributed by atoms with Crippen molar-refractivity contribution in [2.24, 2.45) is 0 Å². The van der Waals surface area contributed by atoms with E-state index in [0.717, 1.165) is 50.7 Å². The fourth-order valence-corrected chi connectivity index (χ4v) is 7.37. The van der Waals surface area contributed by atoms with E-state index in [4.69, 9.17) is 9.72 Å². The molecule has 1 aliphatic heterocycles. The summed E-state index contributed by atoms with van der Waals surface area (Å²) in [6, 6.07) is 39.0. The van der Waals surface area contributed by atoms with Crippen LogP contribution in [-0.2, 0) is 30.2 Å². The summed E-state index contributed by atoms with van der Waals surface area (Å²) in [7, 11) is 0. The van der Waals surface area contributed by atoms with Crippen LogP contribution in [0.5, 0.6) is 11.5 Å². The Kier molecular flexibility index (Phi) is 7.64. The van der Waals surface area contributed by atoms with Gasteiger partial charge in [-0.25, -0.2) is 0 Å². The molecule has 236 valence electrons. The zero-order valence-corrected chi connectivity index (χ0v) is 29.4. The Bertz CT molecular complexity index is 2130. The van der Waals surface area contributed by atoms with Crippen LogP contribution >= 0.6 is 0 Å². The first-order valence-corrected chi connectivity index (χ1v) is 16.9. The number of para-hydroxylation sites is 2. The average molecular weight is 786 g/mol. The third-order valence-electron chi connectivity index (χ3n) is 8.95. The van der Waals surface area contributed by atoms with Gasteiger partial charge in [-0.2, -0.15) is 0 Å². The molecule has 0 amide bonds. The molecule has 0 atom stereocenters. The standard InChI is InChI=1S/C40H38N4O.Pt/c1-28-20-22-41-38(24-28)42-23-21-40(5,6)34-19-18-33(26-37(34)42)45-32-11-9-10-31(25-32)44-27-43(35-12-7-8-13-36(35)44)30-16-14-29(15-17-30)39(2,3)4;/h7-20,22,24H,21,23H2,1-6H3;/q-2;. The van der Waals surface area contributed by atoms with Crippen molar-refractivity contribution in [3.8, 4) is 22.9 Å². The molecule has 0 N–H and O–H groups in total. The topological polar surface area (TPSA) is 35.2 Å². The second kappa shape index (κ2) is 11.5. The van der Waals surface area contributed by atoms with Gasteiger partial charge in [-0.05, 0) is 18.6 Å². The molecule has 6 aromatic rings. The van der Waals surface area contributed by atoms with Crippen molar-refractivity contribution in [2.45, 2.75) is 58.8 Å². The van der Waals surface area contributed by atoms with Gasteiger partial charge in [0.2, 0.25) is 0 Å². The molecule has 0 fully saturated rings. The SMILES string of the molecule is Cc1ccnc(N2CCC(C)(C)c3ccc(Oc4[c-]c(-n5[c](=[Pt])n(-c6ccc(C(C)(C)C)cc6)c6ccccc65)ccc4)[c-]c32)c1. The third-order valence-corrected chi connectivity index (χ3v) is 9.96. The fraction of sp³-hybridized carbons (Fsp3) is 0.250. The first-order valence-electron chi connectivity index (χ1n) is 15.8. The first-order chi connectivity index (χ1) is 22.0. The quantitative estimate of drug-likeness (QED) is 0.164. The number of pyridine rings is 1. The number of anilines is 2. The van der Waals surface area contributed by atoms with Crippen molar-refractivity contribution in [2.75, 3.05) is 11.4 Å². The van der Waals surface area contributed by atoms with E-state index in [1.807, 2.05) is 30.5 Å². The van der Waals surface area contributed by atoms with E-state index in [-0.39, 0.29) is 10.8 Å². The van der Waals surface area contributed by atoms with E-state index in [1.54, 1.807) is 0 Å². The second-order valence-electron chi connectivity index (χ2n) is 13.8. The van der Waals surface area contributed by atoms with Crippen LogP contribution < -0.4 is 9.64 Å². The normalized spacial score (nSPS) is 14.4. The van der Waals surface area contributed by atoms with Crippen molar-refractivity contribution in [3.63, 3.8) is 0 Å². The summed E-state index contributed by atoms with van der Waals surface area (Å²) in [4.78, 5) is 6.96. The summed E-state index contributed by atoms with van der Waals surface area (Å²) in [6.45, 7) is 14.3. The van der Waals surface area contributed by atoms with Crippen LogP contribution in [0.4, 0.5) is 11.5 Å². The molecule has 1 aliphatic rings. The summed E-state index contributed by atoms with van der Waals surface area (Å²) in [5.74, 6) is 2.23. The summed E-state index contributed by atoms with van der Waals surface area (Å²) >= 11 is 2.42. The molecule has 0 aliphatic carbocycles. The van der Waals surface area contributed by atoms with E-state index in [0.29, 0.717) is 11.5 Å². The first kappa shape index (κ1) is 30.4. The van der Waals surface area contributed by atoms with Crippen LogP contribution in [0.15, 0.2) is 97.2 Å². The molecule has 46 heavy (non-hydrogen) atoms. The summed E-state index contributed by atoms with van der Waals surface area (Å²) in [6.07, 6.45) is 2.91. The van der Waals surface area contributed by atoms with Crippen molar-refractivity contribution in [1.82, 2.24) is 14.1 Å². The average Bonchev–Trinajstić information content (AvgIpc) is 3.32. The Labute approximate surface area is 282 Å². The Morgan fingerprint density at radius 2 is 1.54 bits per heavy atom. The van der Waals surface area contributed by atoms with Gasteiger partial charge < -0.3 is 0 Å². The van der Waals surface area contributed by atoms with Gasteiger partial charge in [0.25, 0.3) is 0 Å². The molecular formula is C40H38N4OPt-2. The van der Waals surface area contributed by atoms with Gasteiger partial charge in [0, 0.05) is 6.20 Å². The number of hydrogen-bond donors (Lipinski definition) is 0. The van der Waals surface area contributed by atoms with Crippen LogP contribution in [0.1, 0.15) is 57.7 Å². The van der Waals surface area contributed by atoms with E-state index < -0.39 is 0 Å². The molecule has 2 aromatic heterocycles. The molecule has 3 heterocycles. The second-order valence-corrected chi connectivity index (χ2v) is 14.8. The zero-order chi connectivity index (χ0) is 32.2. The van der Waals surface area contributed by atoms with Crippen molar-refractivity contribution < 1.29 is 24.1 Å². The molecule has 6 heteroatoms. The third kappa shape index (κ3) is 5.56. The molecule has 0 bridgehead atoms. The van der Waals surface area contributed by atoms with Crippen molar-refractivity contribution in [1.29, 1.82) is 0 Å². The maximum atomic E-state index is 6.49. The summed E-state index contributed by atoms with van der Waals surface area (Å²) in [5, 5.41) is 0. The van der Waals surface area contributed by atoms with E-state index in [2.05, 4.69) is 154 Å². The minimum absolute atomic E-state index is 0.0331. The van der Waals surface area contributed by atoms with Crippen LogP contribution in [0.2, 0.25) is 0 Å². The van der Waals surface area contributed by atoms with Gasteiger partial charge in [-0.1, -0.05) is 0 Å². The number of aryl methyl sites for hydroxylation is 1. The van der Waals surface area contributed by atoms with Crippen LogP contribution in [0.25, 0.3) is 22.4 Å². The summed E-state index contributed by atoms with van der Waals surface area (Å²) < 4.78 is 12.1. The molecule has 0 radical (unpaired) electrons. The number of rotatable bonds is 5. The van der Waals surface area contributed by atoms with Crippen molar-refractivity contribution >= 4 is 22.5 Å². The van der Waals surface area contributed by atoms with Gasteiger partial charge in [0.05, 0.1) is 0 Å². The molecule has 0 saturated carbocycles. The Hall–Kier alpha value is -4.21. The number of ether oxygens (including phenoxy) is 1. The monoisotopic (exact) mass is 785 g/mol. The number of hydrogen-bond acceptors (Lipinski definition) is 3. The molecule has 4 aromatic carbocycles. The number of imidazole rings is 1. The van der Waals surface area contributed by atoms with Gasteiger partial charge in [0.1, 0.15) is 0 Å². The molecular weight excluding hydrogens is 748 g/mol. The molecule has 7 rings (SSSR count). The van der Waals surface area contributed by atoms with Crippen LogP contribution in [0, 0.1) is 22.9 Å². The van der Waals surface area contributed by atoms with Crippen LogP contribution in [-0.4, -0.2) is 20.7 Å². The van der Waals surface area contributed by atoms with E-state index in [9.17, 15) is 0 Å². The Morgan fingerprint density at radius 1 is 0.826 bits per heavy atom. The van der Waals surface area contributed by atoms with Gasteiger partial charge >= 0.3 is 259 Å². The zero-order valence-electron chi connectivity index (χ0n) is 27.2. The predicted molar refractivity (Wildman–Crippen MR) is 182 cm³/mol. The van der Waals surface area contributed by atoms with Crippen molar-refractivity contribution in [3.05, 3.63) is 130 Å². The van der Waals surface area contributed by atoms with Crippen LogP contribution in [0.3, 0.4) is 0 Å². The number of fused-ring (bicyclic) bond motifs is 2. The number of nitrogens with zero attached hydrogens (tertiary/aromatic N) is 4. The molecule has 0 spiro atoms. The minimum atomic E-state index is 0.0331. The fourth-order valence-electron chi connectivity index (χ4n) is 6.26.